The fourth-order valence-electron chi connectivity index (χ4n) is 4.00. The Hall–Kier alpha value is -0.620. The smallest absolute Gasteiger partial charge is 0.243 e. The Kier molecular flexibility index (Phi) is 5.55. The van der Waals surface area contributed by atoms with Crippen molar-refractivity contribution >= 4 is 21.6 Å². The Morgan fingerprint density at radius 3 is 2.38 bits per heavy atom. The van der Waals surface area contributed by atoms with E-state index in [9.17, 15) is 8.42 Å². The van der Waals surface area contributed by atoms with Gasteiger partial charge >= 0.3 is 0 Å². The third-order valence-electron chi connectivity index (χ3n) is 5.59. The first-order chi connectivity index (χ1) is 11.4. The van der Waals surface area contributed by atoms with Gasteiger partial charge in [0, 0.05) is 37.2 Å². The SMILES string of the molecule is Cc1ccc(S(=O)(=O)N2CCN(C3CCCCC3C)CC2)cc1Cl. The summed E-state index contributed by atoms with van der Waals surface area (Å²) in [6.45, 7) is 7.00. The molecule has 0 radical (unpaired) electrons. The second-order valence-corrected chi connectivity index (χ2v) is 9.53. The van der Waals surface area contributed by atoms with Gasteiger partial charge in [-0.25, -0.2) is 8.42 Å². The number of hydrogen-bond acceptors (Lipinski definition) is 3. The van der Waals surface area contributed by atoms with Gasteiger partial charge in [0.1, 0.15) is 0 Å². The zero-order chi connectivity index (χ0) is 17.3. The molecular weight excluding hydrogens is 344 g/mol. The topological polar surface area (TPSA) is 40.6 Å². The summed E-state index contributed by atoms with van der Waals surface area (Å²) in [5.74, 6) is 0.720. The summed E-state index contributed by atoms with van der Waals surface area (Å²) >= 11 is 6.11. The molecule has 1 aromatic carbocycles. The third kappa shape index (κ3) is 3.64. The van der Waals surface area contributed by atoms with Crippen LogP contribution in [0.1, 0.15) is 38.2 Å². The second kappa shape index (κ2) is 7.32. The molecule has 134 valence electrons. The van der Waals surface area contributed by atoms with Gasteiger partial charge in [-0.15, -0.1) is 0 Å². The summed E-state index contributed by atoms with van der Waals surface area (Å²) in [7, 11) is -3.45. The maximum Gasteiger partial charge on any atom is 0.243 e. The van der Waals surface area contributed by atoms with Crippen molar-refractivity contribution in [3.8, 4) is 0 Å². The van der Waals surface area contributed by atoms with Crippen LogP contribution in [0.3, 0.4) is 0 Å². The molecule has 0 N–H and O–H groups in total. The van der Waals surface area contributed by atoms with E-state index in [-0.39, 0.29) is 0 Å². The minimum atomic E-state index is -3.45. The largest absolute Gasteiger partial charge is 0.298 e. The molecule has 24 heavy (non-hydrogen) atoms. The first-order valence-corrected chi connectivity index (χ1v) is 10.7. The van der Waals surface area contributed by atoms with Crippen LogP contribution in [0.2, 0.25) is 5.02 Å². The van der Waals surface area contributed by atoms with Gasteiger partial charge in [-0.2, -0.15) is 4.31 Å². The van der Waals surface area contributed by atoms with Crippen LogP contribution >= 0.6 is 11.6 Å². The molecule has 4 nitrogen and oxygen atoms in total. The van der Waals surface area contributed by atoms with Gasteiger partial charge in [0.2, 0.25) is 10.0 Å². The lowest BCUT2D eigenvalue weighted by molar-refractivity contribution is 0.0786. The minimum absolute atomic E-state index is 0.303. The number of sulfonamides is 1. The predicted octanol–water partition coefficient (Wildman–Crippen LogP) is 3.53. The van der Waals surface area contributed by atoms with E-state index in [1.807, 2.05) is 6.92 Å². The van der Waals surface area contributed by atoms with E-state index >= 15 is 0 Å². The normalized spacial score (nSPS) is 27.3. The van der Waals surface area contributed by atoms with E-state index < -0.39 is 10.0 Å². The highest BCUT2D eigenvalue weighted by molar-refractivity contribution is 7.89. The van der Waals surface area contributed by atoms with Crippen molar-refractivity contribution < 1.29 is 8.42 Å². The highest BCUT2D eigenvalue weighted by atomic mass is 35.5. The van der Waals surface area contributed by atoms with Gasteiger partial charge in [0.25, 0.3) is 0 Å². The fourth-order valence-corrected chi connectivity index (χ4v) is 5.69. The molecule has 1 heterocycles. The maximum atomic E-state index is 12.8. The van der Waals surface area contributed by atoms with Crippen LogP contribution in [0, 0.1) is 12.8 Å². The molecule has 1 aliphatic carbocycles. The number of halogens is 1. The summed E-state index contributed by atoms with van der Waals surface area (Å²) in [4.78, 5) is 2.80. The molecule has 1 aliphatic heterocycles. The Morgan fingerprint density at radius 2 is 1.75 bits per heavy atom. The Morgan fingerprint density at radius 1 is 1.08 bits per heavy atom. The molecule has 2 fully saturated rings. The monoisotopic (exact) mass is 370 g/mol. The van der Waals surface area contributed by atoms with Gasteiger partial charge in [0.15, 0.2) is 0 Å². The Balaban J connectivity index is 1.68. The van der Waals surface area contributed by atoms with E-state index in [0.717, 1.165) is 24.6 Å². The lowest BCUT2D eigenvalue weighted by Crippen LogP contribution is -2.53. The van der Waals surface area contributed by atoms with Gasteiger partial charge in [-0.05, 0) is 43.4 Å². The summed E-state index contributed by atoms with van der Waals surface area (Å²) in [5, 5.41) is 0.505. The number of piperazine rings is 1. The summed E-state index contributed by atoms with van der Waals surface area (Å²) < 4.78 is 27.3. The molecule has 0 aromatic heterocycles. The van der Waals surface area contributed by atoms with Crippen molar-refractivity contribution in [2.24, 2.45) is 5.92 Å². The van der Waals surface area contributed by atoms with Crippen LogP contribution in [-0.2, 0) is 10.0 Å². The first kappa shape index (κ1) is 18.2. The van der Waals surface area contributed by atoms with E-state index in [2.05, 4.69) is 11.8 Å². The van der Waals surface area contributed by atoms with Crippen LogP contribution in [0.25, 0.3) is 0 Å². The van der Waals surface area contributed by atoms with Crippen molar-refractivity contribution in [2.75, 3.05) is 26.2 Å². The van der Waals surface area contributed by atoms with Crippen molar-refractivity contribution in [1.82, 2.24) is 9.21 Å². The average molecular weight is 371 g/mol. The highest BCUT2D eigenvalue weighted by Crippen LogP contribution is 2.30. The average Bonchev–Trinajstić information content (AvgIpc) is 2.58. The van der Waals surface area contributed by atoms with Crippen LogP contribution in [0.15, 0.2) is 23.1 Å². The standard InChI is InChI=1S/C18H27ClN2O2S/c1-14-7-8-16(13-17(14)19)24(22,23)21-11-9-20(10-12-21)18-6-4-3-5-15(18)2/h7-8,13,15,18H,3-6,9-12H2,1-2H3. The van der Waals surface area contributed by atoms with Gasteiger partial charge in [-0.1, -0.05) is 37.4 Å². The zero-order valence-corrected chi connectivity index (χ0v) is 16.1. The number of hydrogen-bond donors (Lipinski definition) is 0. The van der Waals surface area contributed by atoms with Crippen molar-refractivity contribution in [1.29, 1.82) is 0 Å². The zero-order valence-electron chi connectivity index (χ0n) is 14.5. The van der Waals surface area contributed by atoms with Crippen LogP contribution in [-0.4, -0.2) is 49.8 Å². The number of aryl methyl sites for hydroxylation is 1. The molecule has 1 aromatic rings. The first-order valence-electron chi connectivity index (χ1n) is 8.90. The minimum Gasteiger partial charge on any atom is -0.298 e. The summed E-state index contributed by atoms with van der Waals surface area (Å²) in [6, 6.07) is 5.63. The van der Waals surface area contributed by atoms with Crippen molar-refractivity contribution in [2.45, 2.75) is 50.5 Å². The second-order valence-electron chi connectivity index (χ2n) is 7.18. The molecule has 0 spiro atoms. The van der Waals surface area contributed by atoms with Crippen molar-refractivity contribution in [3.05, 3.63) is 28.8 Å². The van der Waals surface area contributed by atoms with Gasteiger partial charge < -0.3 is 0 Å². The lowest BCUT2D eigenvalue weighted by atomic mass is 9.84. The van der Waals surface area contributed by atoms with Gasteiger partial charge in [-0.3, -0.25) is 4.90 Å². The molecular formula is C18H27ClN2O2S. The number of rotatable bonds is 3. The molecule has 2 aliphatic rings. The van der Waals surface area contributed by atoms with Gasteiger partial charge in [0.05, 0.1) is 4.90 Å². The molecule has 3 rings (SSSR count). The predicted molar refractivity (Wildman–Crippen MR) is 97.9 cm³/mol. The highest BCUT2D eigenvalue weighted by Gasteiger charge is 2.33. The molecule has 2 unspecified atom stereocenters. The van der Waals surface area contributed by atoms with E-state index in [1.165, 1.54) is 25.7 Å². The Labute approximate surface area is 150 Å². The summed E-state index contributed by atoms with van der Waals surface area (Å²) in [6.07, 6.45) is 5.18. The number of benzene rings is 1. The van der Waals surface area contributed by atoms with Crippen LogP contribution in [0.4, 0.5) is 0 Å². The third-order valence-corrected chi connectivity index (χ3v) is 7.89. The quantitative estimate of drug-likeness (QED) is 0.817. The number of nitrogens with zero attached hydrogens (tertiary/aromatic N) is 2. The summed E-state index contributed by atoms with van der Waals surface area (Å²) in [5.41, 5.74) is 0.895. The molecule has 2 atom stereocenters. The molecule has 1 saturated heterocycles. The molecule has 0 bridgehead atoms. The van der Waals surface area contributed by atoms with E-state index in [1.54, 1.807) is 22.5 Å². The fraction of sp³-hybridized carbons (Fsp3) is 0.667. The van der Waals surface area contributed by atoms with E-state index in [4.69, 9.17) is 11.6 Å². The molecule has 1 saturated carbocycles. The molecule has 0 amide bonds. The molecule has 6 heteroatoms. The van der Waals surface area contributed by atoms with E-state index in [0.29, 0.717) is 29.0 Å². The van der Waals surface area contributed by atoms with Crippen LogP contribution in [0.5, 0.6) is 0 Å². The Bertz CT molecular complexity index is 684. The lowest BCUT2D eigenvalue weighted by Gasteiger charge is -2.43. The van der Waals surface area contributed by atoms with Crippen molar-refractivity contribution in [3.63, 3.8) is 0 Å². The van der Waals surface area contributed by atoms with Crippen LogP contribution < -0.4 is 0 Å². The maximum absolute atomic E-state index is 12.8.